The second-order valence-electron chi connectivity index (χ2n) is 8.42. The molecule has 8 nitrogen and oxygen atoms in total. The van der Waals surface area contributed by atoms with E-state index in [0.717, 1.165) is 10.5 Å². The molecule has 0 spiro atoms. The highest BCUT2D eigenvalue weighted by Gasteiger charge is 2.24. The van der Waals surface area contributed by atoms with Crippen LogP contribution in [-0.4, -0.2) is 37.1 Å². The molecule has 0 radical (unpaired) electrons. The summed E-state index contributed by atoms with van der Waals surface area (Å²) in [6.45, 7) is 0. The molecule has 1 unspecified atom stereocenters. The van der Waals surface area contributed by atoms with Gasteiger partial charge in [0.05, 0.1) is 24.8 Å². The van der Waals surface area contributed by atoms with Crippen molar-refractivity contribution in [2.24, 2.45) is 0 Å². The number of carbonyl (C=O) groups excluding carboxylic acids is 2. The molecule has 0 heterocycles. The zero-order valence-electron chi connectivity index (χ0n) is 21.5. The Morgan fingerprint density at radius 1 is 0.800 bits per heavy atom. The van der Waals surface area contributed by atoms with Crippen molar-refractivity contribution in [3.63, 3.8) is 0 Å². The molecule has 1 atom stereocenters. The lowest BCUT2D eigenvalue weighted by molar-refractivity contribution is -0.115. The van der Waals surface area contributed by atoms with Gasteiger partial charge in [-0.1, -0.05) is 54.1 Å². The maximum absolute atomic E-state index is 13.5. The first-order chi connectivity index (χ1) is 19.3. The van der Waals surface area contributed by atoms with E-state index in [2.05, 4.69) is 10.6 Å². The van der Waals surface area contributed by atoms with Crippen molar-refractivity contribution in [2.45, 2.75) is 10.1 Å². The van der Waals surface area contributed by atoms with Gasteiger partial charge in [-0.2, -0.15) is 0 Å². The second-order valence-corrected chi connectivity index (χ2v) is 10.0. The van der Waals surface area contributed by atoms with Gasteiger partial charge in [-0.25, -0.2) is 4.79 Å². The van der Waals surface area contributed by atoms with Crippen molar-refractivity contribution in [3.05, 3.63) is 113 Å². The molecule has 204 valence electrons. The molecule has 0 bridgehead atoms. The molecule has 4 aromatic carbocycles. The Bertz CT molecular complexity index is 1520. The van der Waals surface area contributed by atoms with Crippen LogP contribution in [0.25, 0.3) is 0 Å². The Balaban J connectivity index is 1.58. The predicted octanol–water partition coefficient (Wildman–Crippen LogP) is 6.78. The minimum Gasteiger partial charge on any atom is -0.496 e. The van der Waals surface area contributed by atoms with E-state index in [9.17, 15) is 19.5 Å². The van der Waals surface area contributed by atoms with E-state index in [1.807, 2.05) is 36.4 Å². The normalized spacial score (nSPS) is 11.3. The number of hydrogen-bond donors (Lipinski definition) is 3. The molecule has 0 aliphatic carbocycles. The van der Waals surface area contributed by atoms with Crippen LogP contribution in [0.15, 0.2) is 95.9 Å². The highest BCUT2D eigenvalue weighted by atomic mass is 35.5. The van der Waals surface area contributed by atoms with E-state index in [-0.39, 0.29) is 22.1 Å². The van der Waals surface area contributed by atoms with Crippen molar-refractivity contribution in [2.75, 3.05) is 24.9 Å². The van der Waals surface area contributed by atoms with Gasteiger partial charge < -0.3 is 25.2 Å². The number of carboxylic acids is 1. The van der Waals surface area contributed by atoms with Crippen LogP contribution in [0.2, 0.25) is 5.02 Å². The molecule has 0 aliphatic rings. The molecule has 10 heteroatoms. The topological polar surface area (TPSA) is 114 Å². The molecule has 0 saturated carbocycles. The quantitative estimate of drug-likeness (QED) is 0.178. The van der Waals surface area contributed by atoms with Crippen molar-refractivity contribution in [1.82, 2.24) is 0 Å². The zero-order chi connectivity index (χ0) is 28.6. The minimum atomic E-state index is -1.19. The summed E-state index contributed by atoms with van der Waals surface area (Å²) in [7, 11) is 2.95. The molecule has 0 aliphatic heterocycles. The van der Waals surface area contributed by atoms with Crippen molar-refractivity contribution in [1.29, 1.82) is 0 Å². The number of rotatable bonds is 10. The largest absolute Gasteiger partial charge is 0.496 e. The number of nitrogens with one attached hydrogen (secondary N) is 2. The molecule has 2 amide bonds. The van der Waals surface area contributed by atoms with Crippen LogP contribution >= 0.6 is 23.4 Å². The van der Waals surface area contributed by atoms with E-state index in [0.29, 0.717) is 22.9 Å². The van der Waals surface area contributed by atoms with Crippen LogP contribution in [0.1, 0.15) is 31.5 Å². The Morgan fingerprint density at radius 2 is 1.45 bits per heavy atom. The number of carbonyl (C=O) groups is 3. The van der Waals surface area contributed by atoms with Gasteiger partial charge >= 0.3 is 5.97 Å². The van der Waals surface area contributed by atoms with Crippen LogP contribution in [-0.2, 0) is 4.79 Å². The second kappa shape index (κ2) is 13.1. The van der Waals surface area contributed by atoms with Gasteiger partial charge in [-0.3, -0.25) is 9.59 Å². The molecule has 0 fully saturated rings. The highest BCUT2D eigenvalue weighted by Crippen LogP contribution is 2.38. The van der Waals surface area contributed by atoms with Crippen LogP contribution in [0, 0.1) is 0 Å². The van der Waals surface area contributed by atoms with Crippen LogP contribution < -0.4 is 20.1 Å². The molecular weight excluding hydrogens is 552 g/mol. The molecule has 40 heavy (non-hydrogen) atoms. The molecule has 0 aromatic heterocycles. The monoisotopic (exact) mass is 576 g/mol. The SMILES string of the molecule is COc1cccc(OC)c1C(=O)Nc1cccc(SC(C(=O)Nc2ccc(Cl)c(C(=O)O)c2)c2ccccc2)c1. The summed E-state index contributed by atoms with van der Waals surface area (Å²) in [5, 5.41) is 14.4. The lowest BCUT2D eigenvalue weighted by atomic mass is 10.1. The summed E-state index contributed by atoms with van der Waals surface area (Å²) in [6, 6.07) is 25.7. The number of thioether (sulfide) groups is 1. The fourth-order valence-corrected chi connectivity index (χ4v) is 5.21. The third-order valence-corrected chi connectivity index (χ3v) is 7.38. The Labute approximate surface area is 240 Å². The average molecular weight is 577 g/mol. The van der Waals surface area contributed by atoms with Crippen molar-refractivity contribution >= 4 is 52.5 Å². The van der Waals surface area contributed by atoms with Gasteiger partial charge in [-0.05, 0) is 54.1 Å². The Kier molecular flexibility index (Phi) is 9.31. The number of ether oxygens (including phenoxy) is 2. The van der Waals surface area contributed by atoms with Crippen molar-refractivity contribution in [3.8, 4) is 11.5 Å². The number of halogens is 1. The summed E-state index contributed by atoms with van der Waals surface area (Å²) in [6.07, 6.45) is 0. The van der Waals surface area contributed by atoms with E-state index < -0.39 is 17.1 Å². The van der Waals surface area contributed by atoms with Crippen LogP contribution in [0.4, 0.5) is 11.4 Å². The average Bonchev–Trinajstić information content (AvgIpc) is 2.96. The van der Waals surface area contributed by atoms with Gasteiger partial charge in [0.1, 0.15) is 22.3 Å². The summed E-state index contributed by atoms with van der Waals surface area (Å²) in [4.78, 5) is 38.8. The molecule has 4 aromatic rings. The maximum atomic E-state index is 13.5. The fourth-order valence-electron chi connectivity index (χ4n) is 3.93. The number of benzene rings is 4. The van der Waals surface area contributed by atoms with Gasteiger partial charge in [0, 0.05) is 16.3 Å². The first-order valence-electron chi connectivity index (χ1n) is 12.0. The van der Waals surface area contributed by atoms with Gasteiger partial charge in [0.15, 0.2) is 0 Å². The number of anilines is 2. The number of hydrogen-bond acceptors (Lipinski definition) is 6. The standard InChI is InChI=1S/C30H25ClN2O6S/c1-38-24-12-7-13-25(39-2)26(24)28(34)32-19-10-6-11-21(16-19)40-27(18-8-4-3-5-9-18)29(35)33-20-14-15-23(31)22(17-20)30(36)37/h3-17,27H,1-2H3,(H,32,34)(H,33,35)(H,36,37). The van der Waals surface area contributed by atoms with Crippen molar-refractivity contribution < 1.29 is 29.0 Å². The predicted molar refractivity (Wildman–Crippen MR) is 156 cm³/mol. The van der Waals surface area contributed by atoms with E-state index in [1.54, 1.807) is 42.5 Å². The highest BCUT2D eigenvalue weighted by molar-refractivity contribution is 8.00. The first kappa shape index (κ1) is 28.5. The number of amides is 2. The third kappa shape index (κ3) is 6.74. The molecule has 3 N–H and O–H groups in total. The van der Waals surface area contributed by atoms with Gasteiger partial charge in [0.2, 0.25) is 5.91 Å². The fraction of sp³-hybridized carbons (Fsp3) is 0.100. The van der Waals surface area contributed by atoms with Crippen LogP contribution in [0.5, 0.6) is 11.5 Å². The lowest BCUT2D eigenvalue weighted by Gasteiger charge is -2.18. The van der Waals surface area contributed by atoms with Gasteiger partial charge in [0.25, 0.3) is 5.91 Å². The summed E-state index contributed by atoms with van der Waals surface area (Å²) < 4.78 is 10.7. The number of carboxylic acid groups (broad SMARTS) is 1. The smallest absolute Gasteiger partial charge is 0.337 e. The molecular formula is C30H25ClN2O6S. The van der Waals surface area contributed by atoms with Gasteiger partial charge in [-0.15, -0.1) is 11.8 Å². The third-order valence-electron chi connectivity index (χ3n) is 5.81. The summed E-state index contributed by atoms with van der Waals surface area (Å²) in [5.41, 5.74) is 1.71. The number of methoxy groups -OCH3 is 2. The lowest BCUT2D eigenvalue weighted by Crippen LogP contribution is -2.19. The van der Waals surface area contributed by atoms with Crippen LogP contribution in [0.3, 0.4) is 0 Å². The molecule has 0 saturated heterocycles. The Hall–Kier alpha value is -4.47. The first-order valence-corrected chi connectivity index (χ1v) is 13.2. The summed E-state index contributed by atoms with van der Waals surface area (Å²) >= 11 is 7.26. The zero-order valence-corrected chi connectivity index (χ0v) is 23.1. The minimum absolute atomic E-state index is 0.0732. The maximum Gasteiger partial charge on any atom is 0.337 e. The van der Waals surface area contributed by atoms with E-state index in [4.69, 9.17) is 21.1 Å². The molecule has 4 rings (SSSR count). The number of aromatic carboxylic acids is 1. The van der Waals surface area contributed by atoms with E-state index in [1.165, 1.54) is 38.1 Å². The van der Waals surface area contributed by atoms with E-state index >= 15 is 0 Å². The Morgan fingerprint density at radius 3 is 2.10 bits per heavy atom. The summed E-state index contributed by atoms with van der Waals surface area (Å²) in [5.74, 6) is -1.22.